The predicted molar refractivity (Wildman–Crippen MR) is 78.6 cm³/mol. The van der Waals surface area contributed by atoms with Crippen molar-refractivity contribution in [1.29, 1.82) is 0 Å². The van der Waals surface area contributed by atoms with Crippen molar-refractivity contribution in [3.05, 3.63) is 48.0 Å². The molecule has 0 heterocycles. The lowest BCUT2D eigenvalue weighted by Crippen LogP contribution is -2.05. The van der Waals surface area contributed by atoms with E-state index in [-0.39, 0.29) is 17.2 Å². The first-order valence-electron chi connectivity index (χ1n) is 6.14. The largest absolute Gasteiger partial charge is 0.478 e. The van der Waals surface area contributed by atoms with Gasteiger partial charge in [0.1, 0.15) is 17.1 Å². The summed E-state index contributed by atoms with van der Waals surface area (Å²) < 4.78 is 5.56. The van der Waals surface area contributed by atoms with Crippen LogP contribution in [0.15, 0.2) is 42.5 Å². The number of nitrogens with one attached hydrogen (secondary N) is 1. The summed E-state index contributed by atoms with van der Waals surface area (Å²) in [6, 6.07) is 10.9. The highest BCUT2D eigenvalue weighted by Crippen LogP contribution is 2.29. The van der Waals surface area contributed by atoms with Gasteiger partial charge in [0.2, 0.25) is 5.91 Å². The Morgan fingerprint density at radius 1 is 1.19 bits per heavy atom. The molecule has 0 saturated heterocycles. The van der Waals surface area contributed by atoms with E-state index in [9.17, 15) is 9.59 Å². The summed E-state index contributed by atoms with van der Waals surface area (Å²) in [6.07, 6.45) is 0. The molecule has 0 fully saturated rings. The monoisotopic (exact) mass is 286 g/mol. The first-order chi connectivity index (χ1) is 9.95. The maximum atomic E-state index is 11.2. The summed E-state index contributed by atoms with van der Waals surface area (Å²) in [5.41, 5.74) is 6.61. The Kier molecular flexibility index (Phi) is 4.08. The molecule has 6 nitrogen and oxygen atoms in total. The predicted octanol–water partition coefficient (Wildman–Crippen LogP) is 2.72. The molecule has 0 radical (unpaired) electrons. The van der Waals surface area contributed by atoms with Crippen LogP contribution in [-0.4, -0.2) is 17.0 Å². The Hall–Kier alpha value is -3.02. The van der Waals surface area contributed by atoms with Crippen LogP contribution in [0.1, 0.15) is 17.3 Å². The van der Waals surface area contributed by atoms with Crippen molar-refractivity contribution in [3.8, 4) is 11.5 Å². The van der Waals surface area contributed by atoms with E-state index in [1.807, 2.05) is 0 Å². The molecule has 0 aromatic heterocycles. The third kappa shape index (κ3) is 3.73. The minimum atomic E-state index is -1.11. The van der Waals surface area contributed by atoms with Crippen LogP contribution in [0.25, 0.3) is 0 Å². The van der Waals surface area contributed by atoms with Crippen LogP contribution in [0.2, 0.25) is 0 Å². The molecule has 4 N–H and O–H groups in total. The highest BCUT2D eigenvalue weighted by atomic mass is 16.5. The molecule has 2 rings (SSSR count). The van der Waals surface area contributed by atoms with Crippen LogP contribution in [0.4, 0.5) is 11.4 Å². The second-order valence-electron chi connectivity index (χ2n) is 4.37. The van der Waals surface area contributed by atoms with Crippen molar-refractivity contribution in [1.82, 2.24) is 0 Å². The number of aromatic carboxylic acids is 1. The maximum absolute atomic E-state index is 11.2. The third-order valence-electron chi connectivity index (χ3n) is 2.62. The standard InChI is InChI=1S/C15H14N2O4/c1-9(18)17-11-3-2-4-12(8-11)21-14-7-10(16)5-6-13(14)15(19)20/h2-8H,16H2,1H3,(H,17,18)(H,19,20). The van der Waals surface area contributed by atoms with Crippen LogP contribution >= 0.6 is 0 Å². The van der Waals surface area contributed by atoms with Gasteiger partial charge >= 0.3 is 5.97 Å². The van der Waals surface area contributed by atoms with E-state index >= 15 is 0 Å². The van der Waals surface area contributed by atoms with Gasteiger partial charge < -0.3 is 20.9 Å². The molecule has 6 heteroatoms. The fourth-order valence-electron chi connectivity index (χ4n) is 1.77. The highest BCUT2D eigenvalue weighted by molar-refractivity contribution is 5.92. The van der Waals surface area contributed by atoms with E-state index in [0.717, 1.165) is 0 Å². The molecular weight excluding hydrogens is 272 g/mol. The average Bonchev–Trinajstić information content (AvgIpc) is 2.38. The van der Waals surface area contributed by atoms with E-state index in [2.05, 4.69) is 5.32 Å². The van der Waals surface area contributed by atoms with Gasteiger partial charge in [-0.1, -0.05) is 6.07 Å². The van der Waals surface area contributed by atoms with E-state index in [1.54, 1.807) is 24.3 Å². The normalized spacial score (nSPS) is 9.95. The first-order valence-corrected chi connectivity index (χ1v) is 6.14. The quantitative estimate of drug-likeness (QED) is 0.750. The SMILES string of the molecule is CC(=O)Nc1cccc(Oc2cc(N)ccc2C(=O)O)c1. The Bertz CT molecular complexity index is 698. The summed E-state index contributed by atoms with van der Waals surface area (Å²) in [7, 11) is 0. The molecule has 1 amide bonds. The van der Waals surface area contributed by atoms with Gasteiger partial charge in [-0.05, 0) is 24.3 Å². The van der Waals surface area contributed by atoms with Crippen molar-refractivity contribution in [3.63, 3.8) is 0 Å². The summed E-state index contributed by atoms with van der Waals surface area (Å²) in [6.45, 7) is 1.40. The molecule has 0 atom stereocenters. The van der Waals surface area contributed by atoms with Crippen LogP contribution in [-0.2, 0) is 4.79 Å². The van der Waals surface area contributed by atoms with Crippen molar-refractivity contribution in [2.45, 2.75) is 6.92 Å². The van der Waals surface area contributed by atoms with Crippen LogP contribution < -0.4 is 15.8 Å². The van der Waals surface area contributed by atoms with E-state index in [0.29, 0.717) is 17.1 Å². The van der Waals surface area contributed by atoms with Crippen molar-refractivity contribution in [2.75, 3.05) is 11.1 Å². The number of nitrogens with two attached hydrogens (primary N) is 1. The molecule has 0 spiro atoms. The molecule has 0 aliphatic rings. The number of benzene rings is 2. The van der Waals surface area contributed by atoms with Gasteiger partial charge in [0, 0.05) is 30.4 Å². The number of ether oxygens (including phenoxy) is 1. The summed E-state index contributed by atoms with van der Waals surface area (Å²) in [5.74, 6) is -0.776. The fraction of sp³-hybridized carbons (Fsp3) is 0.0667. The number of rotatable bonds is 4. The zero-order chi connectivity index (χ0) is 15.4. The minimum Gasteiger partial charge on any atom is -0.478 e. The number of carbonyl (C=O) groups is 2. The van der Waals surface area contributed by atoms with Crippen molar-refractivity contribution in [2.24, 2.45) is 0 Å². The Morgan fingerprint density at radius 3 is 2.62 bits per heavy atom. The highest BCUT2D eigenvalue weighted by Gasteiger charge is 2.12. The van der Waals surface area contributed by atoms with E-state index in [4.69, 9.17) is 15.6 Å². The van der Waals surface area contributed by atoms with Crippen molar-refractivity contribution >= 4 is 23.3 Å². The lowest BCUT2D eigenvalue weighted by molar-refractivity contribution is -0.114. The molecule has 2 aromatic rings. The number of hydrogen-bond donors (Lipinski definition) is 3. The fourth-order valence-corrected chi connectivity index (χ4v) is 1.77. The molecule has 0 bridgehead atoms. The number of amides is 1. The van der Waals surface area contributed by atoms with Gasteiger partial charge in [0.25, 0.3) is 0 Å². The Balaban J connectivity index is 2.31. The number of nitrogen functional groups attached to an aromatic ring is 1. The van der Waals surface area contributed by atoms with E-state index < -0.39 is 5.97 Å². The summed E-state index contributed by atoms with van der Waals surface area (Å²) >= 11 is 0. The zero-order valence-electron chi connectivity index (χ0n) is 11.3. The molecule has 0 saturated carbocycles. The second-order valence-corrected chi connectivity index (χ2v) is 4.37. The topological polar surface area (TPSA) is 102 Å². The van der Waals surface area contributed by atoms with Gasteiger partial charge in [-0.3, -0.25) is 4.79 Å². The Labute approximate surface area is 121 Å². The Morgan fingerprint density at radius 2 is 1.95 bits per heavy atom. The average molecular weight is 286 g/mol. The van der Waals surface area contributed by atoms with Gasteiger partial charge in [-0.2, -0.15) is 0 Å². The van der Waals surface area contributed by atoms with E-state index in [1.165, 1.54) is 25.1 Å². The molecule has 0 aliphatic heterocycles. The lowest BCUT2D eigenvalue weighted by Gasteiger charge is -2.11. The smallest absolute Gasteiger partial charge is 0.339 e. The minimum absolute atomic E-state index is 0.00845. The first kappa shape index (κ1) is 14.4. The zero-order valence-corrected chi connectivity index (χ0v) is 11.3. The molecule has 108 valence electrons. The molecular formula is C15H14N2O4. The third-order valence-corrected chi connectivity index (χ3v) is 2.62. The maximum Gasteiger partial charge on any atom is 0.339 e. The van der Waals surface area contributed by atoms with Crippen molar-refractivity contribution < 1.29 is 19.4 Å². The number of carbonyl (C=O) groups excluding carboxylic acids is 1. The molecule has 0 aliphatic carbocycles. The number of carboxylic acid groups (broad SMARTS) is 1. The van der Waals surface area contributed by atoms with Gasteiger partial charge in [0.05, 0.1) is 0 Å². The van der Waals surface area contributed by atoms with Gasteiger partial charge in [-0.15, -0.1) is 0 Å². The number of carboxylic acids is 1. The summed E-state index contributed by atoms with van der Waals surface area (Å²) in [5, 5.41) is 11.8. The van der Waals surface area contributed by atoms with Gasteiger partial charge in [0.15, 0.2) is 0 Å². The molecule has 0 unspecified atom stereocenters. The van der Waals surface area contributed by atoms with Gasteiger partial charge in [-0.25, -0.2) is 4.79 Å². The number of hydrogen-bond acceptors (Lipinski definition) is 4. The number of anilines is 2. The second kappa shape index (κ2) is 5.96. The van der Waals surface area contributed by atoms with Crippen LogP contribution in [0, 0.1) is 0 Å². The van der Waals surface area contributed by atoms with Crippen LogP contribution in [0.5, 0.6) is 11.5 Å². The molecule has 21 heavy (non-hydrogen) atoms. The molecule has 2 aromatic carbocycles. The summed E-state index contributed by atoms with van der Waals surface area (Å²) in [4.78, 5) is 22.2. The van der Waals surface area contributed by atoms with Crippen LogP contribution in [0.3, 0.4) is 0 Å². The lowest BCUT2D eigenvalue weighted by atomic mass is 10.2.